The van der Waals surface area contributed by atoms with Crippen molar-refractivity contribution in [2.45, 2.75) is 58.3 Å². The molecule has 3 aromatic carbocycles. The lowest BCUT2D eigenvalue weighted by Crippen LogP contribution is -2.48. The molecule has 4 atom stereocenters. The van der Waals surface area contributed by atoms with Gasteiger partial charge in [0.2, 0.25) is 0 Å². The molecule has 1 heterocycles. The number of rotatable bonds is 7. The first-order valence-electron chi connectivity index (χ1n) is 16.4. The molecule has 0 aromatic heterocycles. The minimum absolute atomic E-state index is 0.177. The monoisotopic (exact) mass is 681 g/mol. The average molecular weight is 682 g/mol. The Bertz CT molecular complexity index is 1560. The number of likely N-dealkylation sites (N-methyl/N-ethyl adjacent to an activating group) is 1. The molecule has 264 valence electrons. The molecule has 4 N–H and O–H groups in total. The number of fused-ring (bicyclic) bond motifs is 1. The average Bonchev–Trinajstić information content (AvgIpc) is 3.07. The van der Waals surface area contributed by atoms with Gasteiger partial charge in [-0.25, -0.2) is 18.4 Å². The van der Waals surface area contributed by atoms with Crippen LogP contribution in [0.2, 0.25) is 0 Å². The smallest absolute Gasteiger partial charge is 0.323 e. The normalized spacial score (nSPS) is 19.4. The van der Waals surface area contributed by atoms with E-state index in [0.29, 0.717) is 35.8 Å². The summed E-state index contributed by atoms with van der Waals surface area (Å²) in [5, 5.41) is 18.3. The van der Waals surface area contributed by atoms with Gasteiger partial charge in [0.25, 0.3) is 5.91 Å². The second-order valence-corrected chi connectivity index (χ2v) is 12.4. The molecule has 0 radical (unpaired) electrons. The van der Waals surface area contributed by atoms with Crippen LogP contribution in [0.5, 0.6) is 5.75 Å². The largest absolute Gasteiger partial charge is 0.490 e. The van der Waals surface area contributed by atoms with E-state index in [4.69, 9.17) is 9.47 Å². The maximum Gasteiger partial charge on any atom is 0.323 e. The van der Waals surface area contributed by atoms with Crippen LogP contribution in [-0.4, -0.2) is 84.5 Å². The predicted molar refractivity (Wildman–Crippen MR) is 184 cm³/mol. The number of ether oxygens (including phenoxy) is 2. The Kier molecular flexibility index (Phi) is 13.3. The summed E-state index contributed by atoms with van der Waals surface area (Å²) in [6, 6.07) is 14.0. The fraction of sp³-hybridized carbons (Fsp3) is 0.417. The Hall–Kier alpha value is -4.75. The Balaban J connectivity index is 1.57. The van der Waals surface area contributed by atoms with Gasteiger partial charge in [-0.2, -0.15) is 0 Å². The SMILES string of the molecule is C[C@@H]1CCCCO[C@H](CN(C)C(=O)Nc2ccc(F)cc2)[C@H](C)CN([C@H](C)CO)C(=O)c2cc(NC(=O)Nc3ccc(F)cc3)ccc2O1. The summed E-state index contributed by atoms with van der Waals surface area (Å²) in [6.45, 7) is 6.07. The Morgan fingerprint density at radius 2 is 1.53 bits per heavy atom. The van der Waals surface area contributed by atoms with E-state index >= 15 is 0 Å². The van der Waals surface area contributed by atoms with E-state index in [1.165, 1.54) is 59.5 Å². The van der Waals surface area contributed by atoms with Crippen molar-refractivity contribution < 1.29 is 37.7 Å². The molecular formula is C36H45F2N5O6. The lowest BCUT2D eigenvalue weighted by Gasteiger charge is -2.35. The zero-order valence-electron chi connectivity index (χ0n) is 28.2. The summed E-state index contributed by atoms with van der Waals surface area (Å²) in [4.78, 5) is 43.1. The van der Waals surface area contributed by atoms with Crippen molar-refractivity contribution in [1.29, 1.82) is 0 Å². The van der Waals surface area contributed by atoms with Crippen LogP contribution in [0.15, 0.2) is 66.7 Å². The molecule has 0 fully saturated rings. The Morgan fingerprint density at radius 3 is 2.16 bits per heavy atom. The number of anilines is 3. The number of aliphatic hydroxyl groups is 1. The lowest BCUT2D eigenvalue weighted by atomic mass is 10.0. The number of amides is 5. The highest BCUT2D eigenvalue weighted by atomic mass is 19.1. The van der Waals surface area contributed by atoms with Gasteiger partial charge in [-0.15, -0.1) is 0 Å². The fourth-order valence-electron chi connectivity index (χ4n) is 5.39. The van der Waals surface area contributed by atoms with E-state index in [2.05, 4.69) is 16.0 Å². The summed E-state index contributed by atoms with van der Waals surface area (Å²) in [5.74, 6) is -1.21. The molecule has 4 rings (SSSR count). The molecule has 0 bridgehead atoms. The first-order valence-corrected chi connectivity index (χ1v) is 16.4. The second-order valence-electron chi connectivity index (χ2n) is 12.4. The molecule has 0 saturated heterocycles. The van der Waals surface area contributed by atoms with Gasteiger partial charge in [0.15, 0.2) is 0 Å². The number of aliphatic hydroxyl groups excluding tert-OH is 1. The lowest BCUT2D eigenvalue weighted by molar-refractivity contribution is -0.0115. The van der Waals surface area contributed by atoms with Crippen LogP contribution in [-0.2, 0) is 4.74 Å². The second kappa shape index (κ2) is 17.6. The van der Waals surface area contributed by atoms with Gasteiger partial charge in [-0.3, -0.25) is 4.79 Å². The molecule has 5 amide bonds. The van der Waals surface area contributed by atoms with Crippen molar-refractivity contribution in [1.82, 2.24) is 9.80 Å². The summed E-state index contributed by atoms with van der Waals surface area (Å²) in [5.41, 5.74) is 1.36. The number of carbonyl (C=O) groups is 3. The molecule has 3 aromatic rings. The topological polar surface area (TPSA) is 132 Å². The number of carbonyl (C=O) groups excluding carboxylic acids is 3. The van der Waals surface area contributed by atoms with Crippen LogP contribution < -0.4 is 20.7 Å². The predicted octanol–water partition coefficient (Wildman–Crippen LogP) is 6.57. The van der Waals surface area contributed by atoms with E-state index < -0.39 is 41.7 Å². The van der Waals surface area contributed by atoms with E-state index in [1.807, 2.05) is 13.8 Å². The van der Waals surface area contributed by atoms with E-state index in [-0.39, 0.29) is 37.3 Å². The minimum atomic E-state index is -0.591. The third kappa shape index (κ3) is 10.9. The Labute approximate surface area is 285 Å². The van der Waals surface area contributed by atoms with Gasteiger partial charge in [0, 0.05) is 49.7 Å². The summed E-state index contributed by atoms with van der Waals surface area (Å²) >= 11 is 0. The van der Waals surface area contributed by atoms with E-state index in [0.717, 1.165) is 12.8 Å². The Morgan fingerprint density at radius 1 is 0.939 bits per heavy atom. The first-order chi connectivity index (χ1) is 23.4. The molecule has 0 unspecified atom stereocenters. The minimum Gasteiger partial charge on any atom is -0.490 e. The van der Waals surface area contributed by atoms with Crippen LogP contribution in [0.4, 0.5) is 35.4 Å². The van der Waals surface area contributed by atoms with Crippen molar-refractivity contribution in [3.63, 3.8) is 0 Å². The highest BCUT2D eigenvalue weighted by molar-refractivity contribution is 6.02. The van der Waals surface area contributed by atoms with Gasteiger partial charge < -0.3 is 40.3 Å². The van der Waals surface area contributed by atoms with Gasteiger partial charge in [-0.1, -0.05) is 6.92 Å². The maximum absolute atomic E-state index is 14.3. The molecule has 13 heteroatoms. The van der Waals surface area contributed by atoms with Crippen LogP contribution in [0.1, 0.15) is 50.4 Å². The number of nitrogens with one attached hydrogen (secondary N) is 3. The van der Waals surface area contributed by atoms with Crippen molar-refractivity contribution in [3.8, 4) is 5.75 Å². The number of halogens is 2. The molecule has 0 saturated carbocycles. The molecule has 11 nitrogen and oxygen atoms in total. The number of hydrogen-bond acceptors (Lipinski definition) is 6. The van der Waals surface area contributed by atoms with Crippen LogP contribution in [0.3, 0.4) is 0 Å². The van der Waals surface area contributed by atoms with Crippen molar-refractivity contribution in [2.75, 3.05) is 49.3 Å². The number of urea groups is 2. The van der Waals surface area contributed by atoms with Crippen molar-refractivity contribution in [3.05, 3.63) is 83.9 Å². The van der Waals surface area contributed by atoms with Gasteiger partial charge in [0.05, 0.1) is 30.4 Å². The summed E-state index contributed by atoms with van der Waals surface area (Å²) < 4.78 is 39.2. The highest BCUT2D eigenvalue weighted by Gasteiger charge is 2.31. The van der Waals surface area contributed by atoms with E-state index in [1.54, 1.807) is 31.0 Å². The third-order valence-electron chi connectivity index (χ3n) is 8.31. The third-order valence-corrected chi connectivity index (χ3v) is 8.31. The van der Waals surface area contributed by atoms with Gasteiger partial charge in [-0.05, 0) is 99.8 Å². The molecule has 49 heavy (non-hydrogen) atoms. The summed E-state index contributed by atoms with van der Waals surface area (Å²) in [7, 11) is 1.63. The molecule has 0 spiro atoms. The first kappa shape index (κ1) is 37.1. The fourth-order valence-corrected chi connectivity index (χ4v) is 5.39. The number of benzene rings is 3. The van der Waals surface area contributed by atoms with Gasteiger partial charge in [0.1, 0.15) is 17.4 Å². The summed E-state index contributed by atoms with van der Waals surface area (Å²) in [6.07, 6.45) is 1.52. The maximum atomic E-state index is 14.3. The van der Waals surface area contributed by atoms with Crippen LogP contribution in [0.25, 0.3) is 0 Å². The van der Waals surface area contributed by atoms with Crippen LogP contribution in [0, 0.1) is 17.6 Å². The molecule has 1 aliphatic rings. The number of hydrogen-bond donors (Lipinski definition) is 4. The quantitative estimate of drug-likeness (QED) is 0.223. The van der Waals surface area contributed by atoms with Crippen LogP contribution >= 0.6 is 0 Å². The number of nitrogens with zero attached hydrogens (tertiary/aromatic N) is 2. The molecular weight excluding hydrogens is 636 g/mol. The zero-order valence-corrected chi connectivity index (χ0v) is 28.2. The van der Waals surface area contributed by atoms with Crippen molar-refractivity contribution >= 4 is 35.0 Å². The molecule has 1 aliphatic heterocycles. The zero-order chi connectivity index (χ0) is 35.5. The van der Waals surface area contributed by atoms with E-state index in [9.17, 15) is 28.3 Å². The van der Waals surface area contributed by atoms with Crippen molar-refractivity contribution in [2.24, 2.45) is 5.92 Å². The highest BCUT2D eigenvalue weighted by Crippen LogP contribution is 2.29. The standard InChI is InChI=1S/C36H45F2N5O6/c1-23-20-43(24(2)22-44)34(45)31-19-30(40-35(46)39-28-12-8-26(37)9-13-28)16-17-32(31)49-25(3)7-5-6-18-48-33(23)21-42(4)36(47)41-29-14-10-27(38)11-15-29/h8-17,19,23-25,33,44H,5-7,18,20-22H2,1-4H3,(H,41,47)(H2,39,40,46)/t23-,24-,25-,33-/m1/s1. The molecule has 0 aliphatic carbocycles. The van der Waals surface area contributed by atoms with Gasteiger partial charge >= 0.3 is 12.1 Å².